The van der Waals surface area contributed by atoms with Gasteiger partial charge in [0.1, 0.15) is 16.6 Å². The van der Waals surface area contributed by atoms with E-state index in [9.17, 15) is 26.4 Å². The van der Waals surface area contributed by atoms with Crippen LogP contribution in [0.15, 0.2) is 35.4 Å². The number of rotatable bonds is 5. The SMILES string of the molecule is Cc1ccc(NC(=O)c2cc(S(=O)(=O)N[C@@H](C)C(F)(F)F)cn2C)cc1Cl. The molecule has 27 heavy (non-hydrogen) atoms. The molecule has 0 aliphatic rings. The van der Waals surface area contributed by atoms with E-state index in [4.69, 9.17) is 11.6 Å². The van der Waals surface area contributed by atoms with Crippen LogP contribution in [0.3, 0.4) is 0 Å². The summed E-state index contributed by atoms with van der Waals surface area (Å²) in [6, 6.07) is 3.57. The highest BCUT2D eigenvalue weighted by atomic mass is 35.5. The highest BCUT2D eigenvalue weighted by Crippen LogP contribution is 2.23. The number of alkyl halides is 3. The third kappa shape index (κ3) is 5.02. The molecule has 148 valence electrons. The molecular formula is C16H17ClF3N3O3S. The van der Waals surface area contributed by atoms with Crippen LogP contribution in [0.1, 0.15) is 23.0 Å². The van der Waals surface area contributed by atoms with Gasteiger partial charge < -0.3 is 9.88 Å². The van der Waals surface area contributed by atoms with Crippen LogP contribution in [0.2, 0.25) is 5.02 Å². The van der Waals surface area contributed by atoms with Crippen LogP contribution < -0.4 is 10.0 Å². The zero-order chi connectivity index (χ0) is 20.6. The maximum atomic E-state index is 12.6. The Bertz CT molecular complexity index is 971. The van der Waals surface area contributed by atoms with Crippen molar-refractivity contribution in [3.63, 3.8) is 0 Å². The first-order chi connectivity index (χ1) is 12.3. The number of halogens is 4. The zero-order valence-corrected chi connectivity index (χ0v) is 16.1. The minimum absolute atomic E-state index is 0.0493. The van der Waals surface area contributed by atoms with Gasteiger partial charge in [-0.15, -0.1) is 0 Å². The predicted molar refractivity (Wildman–Crippen MR) is 95.4 cm³/mol. The number of carbonyl (C=O) groups is 1. The van der Waals surface area contributed by atoms with E-state index in [1.165, 1.54) is 17.7 Å². The number of hydrogen-bond acceptors (Lipinski definition) is 3. The van der Waals surface area contributed by atoms with Crippen molar-refractivity contribution in [3.8, 4) is 0 Å². The van der Waals surface area contributed by atoms with Gasteiger partial charge >= 0.3 is 6.18 Å². The first kappa shape index (κ1) is 21.3. The van der Waals surface area contributed by atoms with E-state index >= 15 is 0 Å². The van der Waals surface area contributed by atoms with Crippen molar-refractivity contribution in [2.24, 2.45) is 7.05 Å². The highest BCUT2D eigenvalue weighted by molar-refractivity contribution is 7.89. The molecule has 2 aromatic rings. The molecule has 2 N–H and O–H groups in total. The van der Waals surface area contributed by atoms with Crippen molar-refractivity contribution in [1.82, 2.24) is 9.29 Å². The molecule has 1 aromatic heterocycles. The summed E-state index contributed by atoms with van der Waals surface area (Å²) >= 11 is 5.99. The second kappa shape index (κ2) is 7.53. The zero-order valence-electron chi connectivity index (χ0n) is 14.6. The van der Waals surface area contributed by atoms with Crippen LogP contribution in [0.4, 0.5) is 18.9 Å². The number of hydrogen-bond donors (Lipinski definition) is 2. The monoisotopic (exact) mass is 423 g/mol. The molecule has 0 bridgehead atoms. The summed E-state index contributed by atoms with van der Waals surface area (Å²) in [6.45, 7) is 2.48. The molecule has 0 spiro atoms. The van der Waals surface area contributed by atoms with Crippen LogP contribution in [0, 0.1) is 6.92 Å². The molecule has 1 amide bonds. The molecule has 0 saturated heterocycles. The van der Waals surface area contributed by atoms with E-state index in [1.54, 1.807) is 23.8 Å². The van der Waals surface area contributed by atoms with Gasteiger partial charge in [-0.2, -0.15) is 17.9 Å². The molecule has 0 saturated carbocycles. The summed E-state index contributed by atoms with van der Waals surface area (Å²) in [5.41, 5.74) is 1.16. The lowest BCUT2D eigenvalue weighted by Crippen LogP contribution is -2.42. The number of anilines is 1. The summed E-state index contributed by atoms with van der Waals surface area (Å²) in [4.78, 5) is 11.9. The normalized spacial score (nSPS) is 13.4. The van der Waals surface area contributed by atoms with E-state index in [0.29, 0.717) is 17.6 Å². The molecule has 0 unspecified atom stereocenters. The van der Waals surface area contributed by atoms with Crippen molar-refractivity contribution in [2.45, 2.75) is 31.0 Å². The number of benzene rings is 1. The van der Waals surface area contributed by atoms with Gasteiger partial charge in [-0.1, -0.05) is 17.7 Å². The van der Waals surface area contributed by atoms with Gasteiger partial charge in [-0.05, 0) is 37.6 Å². The van der Waals surface area contributed by atoms with Crippen LogP contribution >= 0.6 is 11.6 Å². The Labute approximate surface area is 159 Å². The lowest BCUT2D eigenvalue weighted by atomic mass is 10.2. The fraction of sp³-hybridized carbons (Fsp3) is 0.312. The maximum absolute atomic E-state index is 12.6. The minimum Gasteiger partial charge on any atom is -0.345 e. The molecule has 1 heterocycles. The quantitative estimate of drug-likeness (QED) is 0.772. The van der Waals surface area contributed by atoms with Crippen molar-refractivity contribution >= 4 is 33.2 Å². The molecule has 0 radical (unpaired) electrons. The third-order valence-electron chi connectivity index (χ3n) is 3.78. The number of aromatic nitrogens is 1. The van der Waals surface area contributed by atoms with Crippen molar-refractivity contribution in [1.29, 1.82) is 0 Å². The fourth-order valence-electron chi connectivity index (χ4n) is 2.14. The number of nitrogens with one attached hydrogen (secondary N) is 2. The fourth-order valence-corrected chi connectivity index (χ4v) is 3.62. The molecular weight excluding hydrogens is 407 g/mol. The molecule has 2 rings (SSSR count). The molecule has 1 atom stereocenters. The second-order valence-corrected chi connectivity index (χ2v) is 8.10. The smallest absolute Gasteiger partial charge is 0.345 e. The molecule has 1 aromatic carbocycles. The van der Waals surface area contributed by atoms with Crippen LogP contribution in [-0.2, 0) is 17.1 Å². The van der Waals surface area contributed by atoms with E-state index in [1.807, 2.05) is 0 Å². The Morgan fingerprint density at radius 2 is 1.89 bits per heavy atom. The average Bonchev–Trinajstić information content (AvgIpc) is 2.92. The Morgan fingerprint density at radius 3 is 2.44 bits per heavy atom. The van der Waals surface area contributed by atoms with E-state index in [2.05, 4.69) is 5.32 Å². The second-order valence-electron chi connectivity index (χ2n) is 5.97. The Morgan fingerprint density at radius 1 is 1.26 bits per heavy atom. The van der Waals surface area contributed by atoms with Gasteiger partial charge in [0.05, 0.1) is 0 Å². The lowest BCUT2D eigenvalue weighted by molar-refractivity contribution is -0.147. The van der Waals surface area contributed by atoms with Crippen molar-refractivity contribution in [2.75, 3.05) is 5.32 Å². The summed E-state index contributed by atoms with van der Waals surface area (Å²) in [6.07, 6.45) is -3.67. The van der Waals surface area contributed by atoms with Crippen LogP contribution in [-0.4, -0.2) is 31.1 Å². The molecule has 0 fully saturated rings. The number of nitrogens with zero attached hydrogens (tertiary/aromatic N) is 1. The Balaban J connectivity index is 2.24. The highest BCUT2D eigenvalue weighted by Gasteiger charge is 2.39. The minimum atomic E-state index is -4.73. The van der Waals surface area contributed by atoms with E-state index in [-0.39, 0.29) is 5.69 Å². The first-order valence-corrected chi connectivity index (χ1v) is 9.50. The predicted octanol–water partition coefficient (Wildman–Crippen LogP) is 3.47. The molecule has 0 aliphatic heterocycles. The molecule has 6 nitrogen and oxygen atoms in total. The summed E-state index contributed by atoms with van der Waals surface area (Å²) in [5.74, 6) is -0.636. The summed E-state index contributed by atoms with van der Waals surface area (Å²) in [7, 11) is -3.05. The largest absolute Gasteiger partial charge is 0.404 e. The van der Waals surface area contributed by atoms with Crippen molar-refractivity contribution in [3.05, 3.63) is 46.7 Å². The number of carbonyl (C=O) groups excluding carboxylic acids is 1. The number of amides is 1. The molecule has 11 heteroatoms. The summed E-state index contributed by atoms with van der Waals surface area (Å²) in [5, 5.41) is 3.00. The molecule has 0 aliphatic carbocycles. The third-order valence-corrected chi connectivity index (χ3v) is 5.69. The van der Waals surface area contributed by atoms with Gasteiger partial charge in [0, 0.05) is 24.0 Å². The topological polar surface area (TPSA) is 80.2 Å². The van der Waals surface area contributed by atoms with Crippen molar-refractivity contribution < 1.29 is 26.4 Å². The van der Waals surface area contributed by atoms with Gasteiger partial charge in [0.25, 0.3) is 5.91 Å². The summed E-state index contributed by atoms with van der Waals surface area (Å²) < 4.78 is 64.8. The maximum Gasteiger partial charge on any atom is 0.404 e. The van der Waals surface area contributed by atoms with E-state index in [0.717, 1.165) is 17.8 Å². The van der Waals surface area contributed by atoms with Crippen LogP contribution in [0.5, 0.6) is 0 Å². The lowest BCUT2D eigenvalue weighted by Gasteiger charge is -2.16. The Kier molecular flexibility index (Phi) is 5.93. The van der Waals surface area contributed by atoms with Gasteiger partial charge in [0.15, 0.2) is 0 Å². The van der Waals surface area contributed by atoms with Gasteiger partial charge in [-0.25, -0.2) is 8.42 Å². The van der Waals surface area contributed by atoms with Gasteiger partial charge in [-0.3, -0.25) is 4.79 Å². The van der Waals surface area contributed by atoms with Crippen LogP contribution in [0.25, 0.3) is 0 Å². The average molecular weight is 424 g/mol. The van der Waals surface area contributed by atoms with Gasteiger partial charge in [0.2, 0.25) is 10.0 Å². The Hall–Kier alpha value is -2.04. The number of sulfonamides is 1. The number of aryl methyl sites for hydroxylation is 2. The first-order valence-electron chi connectivity index (χ1n) is 7.64. The standard InChI is InChI=1S/C16H17ClF3N3O3S/c1-9-4-5-11(6-13(9)17)21-15(24)14-7-12(8-23(14)3)27(25,26)22-10(2)16(18,19)20/h4-8,10,22H,1-3H3,(H,21,24)/t10-/m0/s1. The van der Waals surface area contributed by atoms with E-state index < -0.39 is 33.0 Å².